The second-order valence-electron chi connectivity index (χ2n) is 8.31. The zero-order valence-electron chi connectivity index (χ0n) is 17.7. The summed E-state index contributed by atoms with van der Waals surface area (Å²) in [4.78, 5) is 7.12. The lowest BCUT2D eigenvalue weighted by Crippen LogP contribution is -2.53. The number of ether oxygens (including phenoxy) is 2. The van der Waals surface area contributed by atoms with Crippen molar-refractivity contribution in [3.05, 3.63) is 24.0 Å². The van der Waals surface area contributed by atoms with E-state index in [9.17, 15) is 8.42 Å². The SMILES string of the molecule is COc1cc2c(cc1OC)S(=O)(=O)N=C(C1CN3C(=CN1)C=NC3C1CCCCC1)N2. The molecule has 1 fully saturated rings. The first-order chi connectivity index (χ1) is 15.0. The fourth-order valence-corrected chi connectivity index (χ4v) is 6.04. The number of nitrogens with one attached hydrogen (secondary N) is 2. The molecule has 0 bridgehead atoms. The Labute approximate surface area is 182 Å². The summed E-state index contributed by atoms with van der Waals surface area (Å²) in [5.41, 5.74) is 1.47. The van der Waals surface area contributed by atoms with Crippen LogP contribution >= 0.6 is 0 Å². The molecule has 2 atom stereocenters. The van der Waals surface area contributed by atoms with Gasteiger partial charge in [0.05, 0.1) is 25.6 Å². The molecule has 3 heterocycles. The van der Waals surface area contributed by atoms with E-state index in [0.717, 1.165) is 5.70 Å². The van der Waals surface area contributed by atoms with Gasteiger partial charge in [0.2, 0.25) is 0 Å². The van der Waals surface area contributed by atoms with Gasteiger partial charge in [0, 0.05) is 31.1 Å². The molecule has 1 aromatic carbocycles. The summed E-state index contributed by atoms with van der Waals surface area (Å²) < 4.78 is 40.5. The second kappa shape index (κ2) is 7.74. The molecule has 4 aliphatic rings. The van der Waals surface area contributed by atoms with E-state index in [2.05, 4.69) is 19.9 Å². The van der Waals surface area contributed by atoms with Crippen LogP contribution in [0.4, 0.5) is 5.69 Å². The summed E-state index contributed by atoms with van der Waals surface area (Å²) in [6, 6.07) is 2.78. The van der Waals surface area contributed by atoms with Crippen molar-refractivity contribution in [2.45, 2.75) is 49.2 Å². The van der Waals surface area contributed by atoms with Gasteiger partial charge in [-0.1, -0.05) is 19.3 Å². The Bertz CT molecular complexity index is 1080. The van der Waals surface area contributed by atoms with Crippen LogP contribution in [0.1, 0.15) is 32.1 Å². The van der Waals surface area contributed by atoms with Gasteiger partial charge in [0.25, 0.3) is 10.0 Å². The molecule has 0 aromatic heterocycles. The highest BCUT2D eigenvalue weighted by Gasteiger charge is 2.38. The Morgan fingerprint density at radius 2 is 1.84 bits per heavy atom. The molecule has 1 aromatic rings. The molecule has 0 radical (unpaired) electrons. The van der Waals surface area contributed by atoms with E-state index in [1.54, 1.807) is 6.07 Å². The van der Waals surface area contributed by atoms with Crippen molar-refractivity contribution < 1.29 is 17.9 Å². The molecule has 5 rings (SSSR count). The number of sulfonamides is 1. The van der Waals surface area contributed by atoms with Crippen molar-refractivity contribution in [1.29, 1.82) is 0 Å². The van der Waals surface area contributed by atoms with Crippen LogP contribution in [0, 0.1) is 5.92 Å². The lowest BCUT2D eigenvalue weighted by Gasteiger charge is -2.39. The number of fused-ring (bicyclic) bond motifs is 2. The first-order valence-corrected chi connectivity index (χ1v) is 12.1. The molecule has 2 N–H and O–H groups in total. The zero-order chi connectivity index (χ0) is 21.6. The van der Waals surface area contributed by atoms with E-state index in [-0.39, 0.29) is 17.1 Å². The molecule has 1 aliphatic carbocycles. The standard InChI is InChI=1S/C21H27N5O4S/c1-29-17-8-15-19(9-18(17)30-2)31(27,28)25-20(24-15)16-12-26-14(10-22-16)11-23-21(26)13-6-4-3-5-7-13/h8-11,13,16,21-22H,3-7,12H2,1-2H3,(H,24,25). The van der Waals surface area contributed by atoms with Crippen LogP contribution in [0.5, 0.6) is 11.5 Å². The lowest BCUT2D eigenvalue weighted by atomic mass is 9.86. The minimum atomic E-state index is -3.87. The lowest BCUT2D eigenvalue weighted by molar-refractivity contribution is 0.165. The van der Waals surface area contributed by atoms with E-state index in [1.807, 2.05) is 12.4 Å². The highest BCUT2D eigenvalue weighted by Crippen LogP contribution is 2.39. The van der Waals surface area contributed by atoms with Gasteiger partial charge in [-0.25, -0.2) is 0 Å². The smallest absolute Gasteiger partial charge is 0.286 e. The molecule has 9 nitrogen and oxygen atoms in total. The number of aliphatic imine (C=N–C) groups is 1. The van der Waals surface area contributed by atoms with Gasteiger partial charge < -0.3 is 25.0 Å². The number of benzene rings is 1. The predicted octanol–water partition coefficient (Wildman–Crippen LogP) is 2.32. The summed E-state index contributed by atoms with van der Waals surface area (Å²) in [6.07, 6.45) is 10.1. The Balaban J connectivity index is 1.41. The largest absolute Gasteiger partial charge is 0.493 e. The number of hydrogen-bond acceptors (Lipinski definition) is 8. The Hall–Kier alpha value is -2.75. The fourth-order valence-electron chi connectivity index (χ4n) is 4.86. The molecule has 2 unspecified atom stereocenters. The van der Waals surface area contributed by atoms with Crippen LogP contribution in [0.2, 0.25) is 0 Å². The molecule has 0 saturated heterocycles. The van der Waals surface area contributed by atoms with E-state index in [4.69, 9.17) is 14.5 Å². The normalized spacial score (nSPS) is 26.7. The number of hydrogen-bond donors (Lipinski definition) is 2. The van der Waals surface area contributed by atoms with Crippen molar-refractivity contribution in [3.63, 3.8) is 0 Å². The minimum Gasteiger partial charge on any atom is -0.493 e. The van der Waals surface area contributed by atoms with Gasteiger partial charge in [-0.2, -0.15) is 8.42 Å². The average molecular weight is 446 g/mol. The Kier molecular flexibility index (Phi) is 5.04. The van der Waals surface area contributed by atoms with Crippen LogP contribution in [-0.4, -0.2) is 58.3 Å². The third kappa shape index (κ3) is 3.52. The van der Waals surface area contributed by atoms with Crippen LogP contribution in [0.25, 0.3) is 0 Å². The molecule has 10 heteroatoms. The predicted molar refractivity (Wildman–Crippen MR) is 118 cm³/mol. The number of methoxy groups -OCH3 is 2. The molecule has 3 aliphatic heterocycles. The summed E-state index contributed by atoms with van der Waals surface area (Å²) in [5.74, 6) is 1.70. The first kappa shape index (κ1) is 20.2. The number of rotatable bonds is 4. The van der Waals surface area contributed by atoms with Crippen LogP contribution in [-0.2, 0) is 10.0 Å². The Morgan fingerprint density at radius 1 is 1.10 bits per heavy atom. The molecule has 0 amide bonds. The maximum atomic E-state index is 12.9. The monoisotopic (exact) mass is 445 g/mol. The van der Waals surface area contributed by atoms with Crippen LogP contribution < -0.4 is 20.1 Å². The number of allylic oxidation sites excluding steroid dienone is 1. The van der Waals surface area contributed by atoms with Gasteiger partial charge in [-0.05, 0) is 18.8 Å². The number of anilines is 1. The third-order valence-electron chi connectivity index (χ3n) is 6.47. The average Bonchev–Trinajstić information content (AvgIpc) is 3.21. The molecule has 31 heavy (non-hydrogen) atoms. The van der Waals surface area contributed by atoms with Gasteiger partial charge in [0.1, 0.15) is 22.9 Å². The highest BCUT2D eigenvalue weighted by molar-refractivity contribution is 7.90. The maximum absolute atomic E-state index is 12.9. The van der Waals surface area contributed by atoms with Gasteiger partial charge in [-0.15, -0.1) is 4.40 Å². The van der Waals surface area contributed by atoms with E-state index >= 15 is 0 Å². The van der Waals surface area contributed by atoms with E-state index < -0.39 is 10.0 Å². The summed E-state index contributed by atoms with van der Waals surface area (Å²) in [7, 11) is -0.886. The quantitative estimate of drug-likeness (QED) is 0.733. The minimum absolute atomic E-state index is 0.0746. The highest BCUT2D eigenvalue weighted by atomic mass is 32.2. The maximum Gasteiger partial charge on any atom is 0.286 e. The van der Waals surface area contributed by atoms with E-state index in [0.29, 0.717) is 35.5 Å². The zero-order valence-corrected chi connectivity index (χ0v) is 18.5. The molecular formula is C21H27N5O4S. The number of amidine groups is 1. The van der Waals surface area contributed by atoms with Gasteiger partial charge >= 0.3 is 0 Å². The van der Waals surface area contributed by atoms with Crippen molar-refractivity contribution in [2.24, 2.45) is 15.3 Å². The van der Waals surface area contributed by atoms with Crippen molar-refractivity contribution in [2.75, 3.05) is 26.1 Å². The number of nitrogens with zero attached hydrogens (tertiary/aromatic N) is 3. The van der Waals surface area contributed by atoms with Crippen molar-refractivity contribution in [1.82, 2.24) is 10.2 Å². The van der Waals surface area contributed by atoms with Crippen molar-refractivity contribution >= 4 is 27.8 Å². The van der Waals surface area contributed by atoms with Crippen molar-refractivity contribution in [3.8, 4) is 11.5 Å². The van der Waals surface area contributed by atoms with Crippen LogP contribution in [0.15, 0.2) is 38.3 Å². The Morgan fingerprint density at radius 3 is 2.58 bits per heavy atom. The third-order valence-corrected chi connectivity index (χ3v) is 7.80. The van der Waals surface area contributed by atoms with Gasteiger partial charge in [-0.3, -0.25) is 4.99 Å². The second-order valence-corrected chi connectivity index (χ2v) is 9.88. The fraction of sp³-hybridized carbons (Fsp3) is 0.524. The summed E-state index contributed by atoms with van der Waals surface area (Å²) in [5, 5.41) is 6.49. The first-order valence-electron chi connectivity index (χ1n) is 10.6. The summed E-state index contributed by atoms with van der Waals surface area (Å²) >= 11 is 0. The molecule has 166 valence electrons. The topological polar surface area (TPSA) is 105 Å². The molecule has 0 spiro atoms. The molecule has 1 saturated carbocycles. The van der Waals surface area contributed by atoms with E-state index in [1.165, 1.54) is 52.4 Å². The van der Waals surface area contributed by atoms with Crippen LogP contribution in [0.3, 0.4) is 0 Å². The van der Waals surface area contributed by atoms with Gasteiger partial charge in [0.15, 0.2) is 11.5 Å². The molecular weight excluding hydrogens is 418 g/mol. The summed E-state index contributed by atoms with van der Waals surface area (Å²) in [6.45, 7) is 0.594.